The Bertz CT molecular complexity index is 1140. The van der Waals surface area contributed by atoms with Gasteiger partial charge in [0, 0.05) is 60.5 Å². The normalized spacial score (nSPS) is 15.1. The van der Waals surface area contributed by atoms with Crippen molar-refractivity contribution in [3.63, 3.8) is 0 Å². The van der Waals surface area contributed by atoms with Gasteiger partial charge in [-0.25, -0.2) is 18.6 Å². The minimum Gasteiger partial charge on any atom is -0.356 e. The summed E-state index contributed by atoms with van der Waals surface area (Å²) in [5.74, 6) is -2.18. The van der Waals surface area contributed by atoms with E-state index >= 15 is 0 Å². The quantitative estimate of drug-likeness (QED) is 0.590. The van der Waals surface area contributed by atoms with Gasteiger partial charge >= 0.3 is 6.03 Å². The van der Waals surface area contributed by atoms with Gasteiger partial charge in [0.25, 0.3) is 5.92 Å². The van der Waals surface area contributed by atoms with E-state index < -0.39 is 5.92 Å². The summed E-state index contributed by atoms with van der Waals surface area (Å²) in [5.41, 5.74) is 2.31. The molecule has 1 aliphatic rings. The van der Waals surface area contributed by atoms with Crippen LogP contribution in [0, 0.1) is 13.8 Å². The summed E-state index contributed by atoms with van der Waals surface area (Å²) in [5, 5.41) is 7.97. The van der Waals surface area contributed by atoms with Crippen molar-refractivity contribution in [3.05, 3.63) is 59.5 Å². The highest BCUT2D eigenvalue weighted by atomic mass is 19.3. The number of hydrogen-bond donors (Lipinski definition) is 2. The molecule has 3 aromatic rings. The van der Waals surface area contributed by atoms with Crippen LogP contribution < -0.4 is 15.5 Å². The van der Waals surface area contributed by atoms with Crippen molar-refractivity contribution in [2.24, 2.45) is 0 Å². The number of urea groups is 1. The molecule has 0 radical (unpaired) electrons. The third kappa shape index (κ3) is 4.64. The van der Waals surface area contributed by atoms with E-state index in [1.807, 2.05) is 31.2 Å². The zero-order chi connectivity index (χ0) is 22.9. The lowest BCUT2D eigenvalue weighted by Crippen LogP contribution is -2.46. The van der Waals surface area contributed by atoms with Crippen LogP contribution in [0.1, 0.15) is 36.6 Å². The Morgan fingerprint density at radius 1 is 1.12 bits per heavy atom. The second kappa shape index (κ2) is 8.68. The third-order valence-corrected chi connectivity index (χ3v) is 5.94. The van der Waals surface area contributed by atoms with Gasteiger partial charge < -0.3 is 15.5 Å². The van der Waals surface area contributed by atoms with Crippen molar-refractivity contribution < 1.29 is 13.6 Å². The molecule has 2 aromatic heterocycles. The van der Waals surface area contributed by atoms with Gasteiger partial charge in [0.1, 0.15) is 5.82 Å². The lowest BCUT2D eigenvalue weighted by atomic mass is 10.0. The van der Waals surface area contributed by atoms with E-state index in [9.17, 15) is 13.6 Å². The van der Waals surface area contributed by atoms with Gasteiger partial charge in [0.2, 0.25) is 0 Å². The lowest BCUT2D eigenvalue weighted by Gasteiger charge is -2.34. The number of hydrogen-bond acceptors (Lipinski definition) is 4. The number of aromatic nitrogens is 2. The number of halogens is 2. The van der Waals surface area contributed by atoms with E-state index in [4.69, 9.17) is 0 Å². The van der Waals surface area contributed by atoms with Crippen molar-refractivity contribution in [1.29, 1.82) is 0 Å². The highest BCUT2D eigenvalue weighted by Crippen LogP contribution is 2.30. The highest BCUT2D eigenvalue weighted by molar-refractivity contribution is 6.02. The van der Waals surface area contributed by atoms with Crippen LogP contribution in [-0.4, -0.2) is 35.1 Å². The van der Waals surface area contributed by atoms with Crippen LogP contribution in [0.15, 0.2) is 42.7 Å². The van der Waals surface area contributed by atoms with Crippen molar-refractivity contribution in [1.82, 2.24) is 15.3 Å². The van der Waals surface area contributed by atoms with Gasteiger partial charge in [0.05, 0.1) is 5.69 Å². The molecule has 0 atom stereocenters. The minimum atomic E-state index is -2.90. The molecule has 4 rings (SSSR count). The average molecular weight is 440 g/mol. The molecule has 0 bridgehead atoms. The molecule has 2 amide bonds. The van der Waals surface area contributed by atoms with Crippen LogP contribution in [0.3, 0.4) is 0 Å². The van der Waals surface area contributed by atoms with Crippen LogP contribution in [0.2, 0.25) is 0 Å². The third-order valence-electron chi connectivity index (χ3n) is 5.94. The molecule has 1 aliphatic heterocycles. The fraction of sp³-hybridized carbons (Fsp3) is 0.375. The smallest absolute Gasteiger partial charge is 0.319 e. The minimum absolute atomic E-state index is 0.0317. The molecule has 0 unspecified atom stereocenters. The number of alkyl halides is 2. The Kier molecular flexibility index (Phi) is 5.95. The first kappa shape index (κ1) is 21.9. The van der Waals surface area contributed by atoms with Gasteiger partial charge in [-0.3, -0.25) is 4.98 Å². The molecule has 6 nitrogen and oxygen atoms in total. The van der Waals surface area contributed by atoms with Crippen LogP contribution in [0.4, 0.5) is 25.1 Å². The molecule has 3 heterocycles. The lowest BCUT2D eigenvalue weighted by molar-refractivity contribution is 0.0171. The highest BCUT2D eigenvalue weighted by Gasteiger charge is 2.27. The first-order valence-electron chi connectivity index (χ1n) is 10.7. The number of nitrogens with zero attached hydrogens (tertiary/aromatic N) is 3. The molecule has 0 saturated carbocycles. The fourth-order valence-corrected chi connectivity index (χ4v) is 4.18. The Morgan fingerprint density at radius 3 is 2.56 bits per heavy atom. The number of aryl methyl sites for hydroxylation is 2. The second-order valence-corrected chi connectivity index (χ2v) is 8.41. The molecule has 168 valence electrons. The Morgan fingerprint density at radius 2 is 1.88 bits per heavy atom. The summed E-state index contributed by atoms with van der Waals surface area (Å²) in [4.78, 5) is 23.3. The molecular weight excluding hydrogens is 412 g/mol. The van der Waals surface area contributed by atoms with Crippen molar-refractivity contribution in [3.8, 4) is 0 Å². The molecule has 0 aliphatic carbocycles. The fourth-order valence-electron chi connectivity index (χ4n) is 4.18. The molecule has 1 fully saturated rings. The van der Waals surface area contributed by atoms with Crippen LogP contribution >= 0.6 is 0 Å². The molecule has 32 heavy (non-hydrogen) atoms. The first-order valence-corrected chi connectivity index (χ1v) is 10.7. The van der Waals surface area contributed by atoms with Gasteiger partial charge in [0.15, 0.2) is 0 Å². The van der Waals surface area contributed by atoms with Gasteiger partial charge in [-0.1, -0.05) is 12.1 Å². The number of pyridine rings is 2. The molecule has 0 spiro atoms. The van der Waals surface area contributed by atoms with Gasteiger partial charge in [-0.2, -0.15) is 0 Å². The number of carbonyl (C=O) groups excluding carboxylic acids is 1. The second-order valence-electron chi connectivity index (χ2n) is 8.41. The summed E-state index contributed by atoms with van der Waals surface area (Å²) in [6.45, 7) is 6.01. The summed E-state index contributed by atoms with van der Waals surface area (Å²) in [6, 6.07) is 8.95. The molecular formula is C24H27F2N5O. The number of piperidine rings is 1. The Balaban J connectivity index is 1.36. The van der Waals surface area contributed by atoms with Crippen molar-refractivity contribution in [2.45, 2.75) is 45.6 Å². The van der Waals surface area contributed by atoms with Crippen molar-refractivity contribution >= 4 is 28.3 Å². The monoisotopic (exact) mass is 439 g/mol. The van der Waals surface area contributed by atoms with Crippen LogP contribution in [0.5, 0.6) is 0 Å². The summed E-state index contributed by atoms with van der Waals surface area (Å²) >= 11 is 0. The SMILES string of the molecule is Cc1cc(C(C)(F)F)cnc1N1CCC(NC(=O)Nc2cccc3c(C)nccc23)CC1. The molecule has 1 saturated heterocycles. The maximum absolute atomic E-state index is 13.5. The van der Waals surface area contributed by atoms with E-state index in [0.29, 0.717) is 13.1 Å². The number of nitrogens with one attached hydrogen (secondary N) is 2. The van der Waals surface area contributed by atoms with Crippen LogP contribution in [0.25, 0.3) is 10.8 Å². The van der Waals surface area contributed by atoms with E-state index in [2.05, 4.69) is 25.5 Å². The number of carbonyl (C=O) groups is 1. The largest absolute Gasteiger partial charge is 0.356 e. The Hall–Kier alpha value is -3.29. The standard InChI is InChI=1S/C24H27F2N5O/c1-15-13-17(24(3,25)26)14-28-22(15)31-11-8-18(9-12-31)29-23(32)30-21-6-4-5-19-16(2)27-10-7-20(19)21/h4-7,10,13-14,18H,8-9,11-12H2,1-3H3,(H2,29,30,32). The average Bonchev–Trinajstić information content (AvgIpc) is 2.74. The molecule has 2 N–H and O–H groups in total. The maximum atomic E-state index is 13.5. The van der Waals surface area contributed by atoms with Gasteiger partial charge in [-0.15, -0.1) is 0 Å². The maximum Gasteiger partial charge on any atom is 0.319 e. The Labute approximate surface area is 186 Å². The number of benzene rings is 1. The zero-order valence-electron chi connectivity index (χ0n) is 18.5. The molecule has 1 aromatic carbocycles. The predicted molar refractivity (Wildman–Crippen MR) is 122 cm³/mol. The van der Waals surface area contributed by atoms with Crippen molar-refractivity contribution in [2.75, 3.05) is 23.3 Å². The van der Waals surface area contributed by atoms with Crippen LogP contribution in [-0.2, 0) is 5.92 Å². The summed E-state index contributed by atoms with van der Waals surface area (Å²) < 4.78 is 27.1. The van der Waals surface area contributed by atoms with Gasteiger partial charge in [-0.05, 0) is 50.5 Å². The first-order chi connectivity index (χ1) is 15.2. The predicted octanol–water partition coefficient (Wildman–Crippen LogP) is 5.15. The number of rotatable bonds is 4. The number of fused-ring (bicyclic) bond motifs is 1. The summed E-state index contributed by atoms with van der Waals surface area (Å²) in [7, 11) is 0. The van der Waals surface area contributed by atoms with E-state index in [1.54, 1.807) is 13.1 Å². The van der Waals surface area contributed by atoms with E-state index in [1.165, 1.54) is 12.3 Å². The van der Waals surface area contributed by atoms with E-state index in [0.717, 1.165) is 53.3 Å². The zero-order valence-corrected chi connectivity index (χ0v) is 18.5. The topological polar surface area (TPSA) is 70.2 Å². The molecule has 8 heteroatoms. The summed E-state index contributed by atoms with van der Waals surface area (Å²) in [6.07, 6.45) is 4.49. The van der Waals surface area contributed by atoms with E-state index in [-0.39, 0.29) is 17.6 Å². The number of anilines is 2. The number of amides is 2.